The van der Waals surface area contributed by atoms with Gasteiger partial charge in [0.05, 0.1) is 12.7 Å². The number of carbonyl (C=O) groups excluding carboxylic acids is 1. The molecule has 1 rings (SSSR count). The smallest absolute Gasteiger partial charge is 0.338 e. The number of ether oxygens (including phenoxy) is 1. The van der Waals surface area contributed by atoms with Gasteiger partial charge < -0.3 is 10.5 Å². The van der Waals surface area contributed by atoms with Gasteiger partial charge in [0, 0.05) is 5.56 Å². The van der Waals surface area contributed by atoms with Crippen LogP contribution in [0, 0.1) is 6.92 Å². The van der Waals surface area contributed by atoms with E-state index >= 15 is 0 Å². The highest BCUT2D eigenvalue weighted by Gasteiger charge is 2.17. The average Bonchev–Trinajstić information content (AvgIpc) is 2.26. The Kier molecular flexibility index (Phi) is 4.23. The van der Waals surface area contributed by atoms with Gasteiger partial charge in [0.1, 0.15) is 4.99 Å². The molecule has 0 saturated carbocycles. The van der Waals surface area contributed by atoms with Gasteiger partial charge in [-0.1, -0.05) is 32.1 Å². The van der Waals surface area contributed by atoms with Gasteiger partial charge in [0.15, 0.2) is 0 Å². The van der Waals surface area contributed by atoms with Crippen LogP contribution in [0.4, 0.5) is 0 Å². The highest BCUT2D eigenvalue weighted by molar-refractivity contribution is 7.80. The van der Waals surface area contributed by atoms with E-state index in [-0.39, 0.29) is 11.9 Å². The van der Waals surface area contributed by atoms with Crippen LogP contribution >= 0.6 is 12.2 Å². The first-order valence-corrected chi connectivity index (χ1v) is 5.82. The number of aryl methyl sites for hydroxylation is 1. The van der Waals surface area contributed by atoms with Crippen molar-refractivity contribution in [1.29, 1.82) is 0 Å². The number of methoxy groups -OCH3 is 1. The molecule has 2 N–H and O–H groups in total. The predicted molar refractivity (Wildman–Crippen MR) is 72.5 cm³/mol. The lowest BCUT2D eigenvalue weighted by molar-refractivity contribution is 0.0599. The molecule has 0 heterocycles. The predicted octanol–water partition coefficient (Wildman–Crippen LogP) is 2.54. The second-order valence-corrected chi connectivity index (χ2v) is 4.70. The number of nitrogens with two attached hydrogens (primary N) is 1. The average molecular weight is 251 g/mol. The topological polar surface area (TPSA) is 52.3 Å². The summed E-state index contributed by atoms with van der Waals surface area (Å²) in [4.78, 5) is 12.0. The van der Waals surface area contributed by atoms with E-state index in [2.05, 4.69) is 0 Å². The van der Waals surface area contributed by atoms with Crippen molar-refractivity contribution in [1.82, 2.24) is 0 Å². The standard InChI is InChI=1S/C13H17NO2S/c1-7(2)9-5-8(3)10(12(14)17)6-11(9)13(15)16-4/h5-7H,1-4H3,(H2,14,17). The van der Waals surface area contributed by atoms with E-state index in [1.54, 1.807) is 6.07 Å². The molecule has 0 bridgehead atoms. The Labute approximate surface area is 107 Å². The number of benzene rings is 1. The van der Waals surface area contributed by atoms with Crippen LogP contribution in [-0.2, 0) is 4.74 Å². The molecule has 0 amide bonds. The maximum absolute atomic E-state index is 11.7. The van der Waals surface area contributed by atoms with Gasteiger partial charge in [-0.05, 0) is 30.0 Å². The third kappa shape index (κ3) is 2.82. The van der Waals surface area contributed by atoms with Crippen molar-refractivity contribution in [3.63, 3.8) is 0 Å². The minimum Gasteiger partial charge on any atom is -0.465 e. The molecule has 0 radical (unpaired) electrons. The zero-order valence-electron chi connectivity index (χ0n) is 10.5. The Morgan fingerprint density at radius 2 is 1.94 bits per heavy atom. The van der Waals surface area contributed by atoms with E-state index in [4.69, 9.17) is 22.7 Å². The maximum atomic E-state index is 11.7. The number of rotatable bonds is 3. The monoisotopic (exact) mass is 251 g/mol. The summed E-state index contributed by atoms with van der Waals surface area (Å²) in [5.41, 5.74) is 8.83. The number of thiocarbonyl (C=S) groups is 1. The highest BCUT2D eigenvalue weighted by Crippen LogP contribution is 2.24. The second kappa shape index (κ2) is 5.27. The summed E-state index contributed by atoms with van der Waals surface area (Å²) in [6, 6.07) is 3.67. The second-order valence-electron chi connectivity index (χ2n) is 4.26. The summed E-state index contributed by atoms with van der Waals surface area (Å²) in [6.45, 7) is 5.99. The molecule has 4 heteroatoms. The first-order valence-electron chi connectivity index (χ1n) is 5.41. The molecule has 3 nitrogen and oxygen atoms in total. The molecule has 1 aromatic carbocycles. The first kappa shape index (κ1) is 13.6. The van der Waals surface area contributed by atoms with E-state index < -0.39 is 0 Å². The first-order chi connectivity index (χ1) is 7.88. The van der Waals surface area contributed by atoms with Crippen molar-refractivity contribution >= 4 is 23.2 Å². The van der Waals surface area contributed by atoms with Gasteiger partial charge >= 0.3 is 5.97 Å². The Balaban J connectivity index is 3.47. The number of hydrogen-bond donors (Lipinski definition) is 1. The summed E-state index contributed by atoms with van der Waals surface area (Å²) in [7, 11) is 1.37. The fourth-order valence-corrected chi connectivity index (χ4v) is 1.98. The summed E-state index contributed by atoms with van der Waals surface area (Å²) in [5, 5.41) is 0. The summed E-state index contributed by atoms with van der Waals surface area (Å²) < 4.78 is 4.78. The molecular formula is C13H17NO2S. The van der Waals surface area contributed by atoms with Crippen molar-refractivity contribution < 1.29 is 9.53 Å². The van der Waals surface area contributed by atoms with Gasteiger partial charge in [-0.3, -0.25) is 0 Å². The third-order valence-electron chi connectivity index (χ3n) is 2.69. The maximum Gasteiger partial charge on any atom is 0.338 e. The molecule has 0 fully saturated rings. The van der Waals surface area contributed by atoms with Gasteiger partial charge in [-0.15, -0.1) is 0 Å². The summed E-state index contributed by atoms with van der Waals surface area (Å²) >= 11 is 4.97. The van der Waals surface area contributed by atoms with E-state index in [9.17, 15) is 4.79 Å². The fourth-order valence-electron chi connectivity index (χ4n) is 1.76. The Hall–Kier alpha value is -1.42. The third-order valence-corrected chi connectivity index (χ3v) is 2.91. The molecule has 0 unspecified atom stereocenters. The number of carbonyl (C=O) groups is 1. The SMILES string of the molecule is COC(=O)c1cc(C(N)=S)c(C)cc1C(C)C. The van der Waals surface area contributed by atoms with E-state index in [1.165, 1.54) is 7.11 Å². The molecule has 1 aromatic rings. The molecular weight excluding hydrogens is 234 g/mol. The molecule has 0 aromatic heterocycles. The number of hydrogen-bond acceptors (Lipinski definition) is 3. The van der Waals surface area contributed by atoms with Crippen LogP contribution in [0.5, 0.6) is 0 Å². The van der Waals surface area contributed by atoms with Crippen LogP contribution in [0.1, 0.15) is 46.8 Å². The lowest BCUT2D eigenvalue weighted by Gasteiger charge is -2.15. The quantitative estimate of drug-likeness (QED) is 0.662. The van der Waals surface area contributed by atoms with Crippen molar-refractivity contribution in [2.75, 3.05) is 7.11 Å². The molecule has 0 saturated heterocycles. The molecule has 0 spiro atoms. The van der Waals surface area contributed by atoms with Gasteiger partial charge in [0.2, 0.25) is 0 Å². The molecule has 92 valence electrons. The van der Waals surface area contributed by atoms with Crippen LogP contribution in [0.2, 0.25) is 0 Å². The largest absolute Gasteiger partial charge is 0.465 e. The summed E-state index contributed by atoms with van der Waals surface area (Å²) in [6.07, 6.45) is 0. The molecule has 0 aliphatic rings. The van der Waals surface area contributed by atoms with Crippen LogP contribution in [0.3, 0.4) is 0 Å². The molecule has 17 heavy (non-hydrogen) atoms. The van der Waals surface area contributed by atoms with Crippen LogP contribution < -0.4 is 5.73 Å². The molecule has 0 aliphatic heterocycles. The van der Waals surface area contributed by atoms with E-state index in [0.717, 1.165) is 16.7 Å². The van der Waals surface area contributed by atoms with E-state index in [1.807, 2.05) is 26.8 Å². The van der Waals surface area contributed by atoms with E-state index in [0.29, 0.717) is 10.6 Å². The van der Waals surface area contributed by atoms with Crippen LogP contribution in [0.15, 0.2) is 12.1 Å². The lowest BCUT2D eigenvalue weighted by Crippen LogP contribution is -2.15. The van der Waals surface area contributed by atoms with Crippen molar-refractivity contribution in [2.45, 2.75) is 26.7 Å². The van der Waals surface area contributed by atoms with Crippen molar-refractivity contribution in [3.05, 3.63) is 34.4 Å². The Morgan fingerprint density at radius 1 is 1.35 bits per heavy atom. The molecule has 0 atom stereocenters. The van der Waals surface area contributed by atoms with Crippen LogP contribution in [0.25, 0.3) is 0 Å². The van der Waals surface area contributed by atoms with Gasteiger partial charge in [0.25, 0.3) is 0 Å². The highest BCUT2D eigenvalue weighted by atomic mass is 32.1. The zero-order valence-corrected chi connectivity index (χ0v) is 11.4. The normalized spacial score (nSPS) is 10.4. The Bertz CT molecular complexity index is 467. The minimum atomic E-state index is -0.355. The lowest BCUT2D eigenvalue weighted by atomic mass is 9.92. The zero-order chi connectivity index (χ0) is 13.2. The van der Waals surface area contributed by atoms with Crippen LogP contribution in [-0.4, -0.2) is 18.1 Å². The summed E-state index contributed by atoms with van der Waals surface area (Å²) in [5.74, 6) is -0.116. The fraction of sp³-hybridized carbons (Fsp3) is 0.385. The van der Waals surface area contributed by atoms with Crippen molar-refractivity contribution in [2.24, 2.45) is 5.73 Å². The van der Waals surface area contributed by atoms with Crippen molar-refractivity contribution in [3.8, 4) is 0 Å². The minimum absolute atomic E-state index is 0.239. The number of esters is 1. The van der Waals surface area contributed by atoms with Gasteiger partial charge in [-0.2, -0.15) is 0 Å². The Morgan fingerprint density at radius 3 is 2.35 bits per heavy atom. The molecule has 0 aliphatic carbocycles. The van der Waals surface area contributed by atoms with Gasteiger partial charge in [-0.25, -0.2) is 4.79 Å².